The lowest BCUT2D eigenvalue weighted by atomic mass is 10.0. The molecule has 1 heterocycles. The molecule has 5 heteroatoms. The van der Waals surface area contributed by atoms with Crippen LogP contribution in [-0.4, -0.2) is 21.8 Å². The average Bonchev–Trinajstić information content (AvgIpc) is 2.89. The third-order valence-electron chi connectivity index (χ3n) is 4.34. The molecule has 0 aromatic carbocycles. The Labute approximate surface area is 144 Å². The molecule has 0 spiro atoms. The number of alkyl halides is 1. The van der Waals surface area contributed by atoms with E-state index in [0.717, 1.165) is 31.7 Å². The second-order valence-corrected chi connectivity index (χ2v) is 6.59. The van der Waals surface area contributed by atoms with Gasteiger partial charge in [-0.15, -0.1) is 0 Å². The van der Waals surface area contributed by atoms with Crippen LogP contribution in [0.2, 0.25) is 0 Å². The maximum Gasteiger partial charge on any atom is 0.340 e. The molecular weight excluding hydrogens is 312 g/mol. The van der Waals surface area contributed by atoms with Crippen molar-refractivity contribution in [2.45, 2.75) is 90.3 Å². The molecule has 0 amide bonds. The number of hydrogen-bond donors (Lipinski definition) is 1. The molecule has 1 aromatic heterocycles. The Bertz CT molecular complexity index is 474. The zero-order valence-electron chi connectivity index (χ0n) is 14.8. The first-order chi connectivity index (χ1) is 11.5. The first kappa shape index (κ1) is 20.7. The number of halogens is 2. The lowest BCUT2D eigenvalue weighted by molar-refractivity contribution is 0.0692. The van der Waals surface area contributed by atoms with E-state index in [1.54, 1.807) is 0 Å². The minimum atomic E-state index is -1.32. The Morgan fingerprint density at radius 1 is 1.04 bits per heavy atom. The molecule has 1 rings (SSSR count). The average molecular weight is 343 g/mol. The molecule has 0 fully saturated rings. The van der Waals surface area contributed by atoms with E-state index in [4.69, 9.17) is 5.11 Å². The molecular formula is C19H31F2NO2. The Morgan fingerprint density at radius 2 is 1.58 bits per heavy atom. The Balaban J connectivity index is 2.05. The highest BCUT2D eigenvalue weighted by molar-refractivity contribution is 5.87. The summed E-state index contributed by atoms with van der Waals surface area (Å²) in [5.74, 6) is -2.13. The maximum atomic E-state index is 13.9. The SMILES string of the molecule is CCCCCCCCCCCCC(F)Cn1cc(F)c(C(=O)O)c1. The van der Waals surface area contributed by atoms with Gasteiger partial charge in [-0.25, -0.2) is 13.6 Å². The van der Waals surface area contributed by atoms with Crippen molar-refractivity contribution in [1.82, 2.24) is 4.57 Å². The monoisotopic (exact) mass is 343 g/mol. The fourth-order valence-corrected chi connectivity index (χ4v) is 2.92. The summed E-state index contributed by atoms with van der Waals surface area (Å²) in [5.41, 5.74) is -0.402. The lowest BCUT2D eigenvalue weighted by Crippen LogP contribution is -2.10. The molecule has 1 aromatic rings. The fourth-order valence-electron chi connectivity index (χ4n) is 2.92. The Hall–Kier alpha value is -1.39. The molecule has 1 atom stereocenters. The molecule has 0 saturated heterocycles. The van der Waals surface area contributed by atoms with Gasteiger partial charge in [-0.05, 0) is 6.42 Å². The molecule has 1 N–H and O–H groups in total. The van der Waals surface area contributed by atoms with Gasteiger partial charge >= 0.3 is 5.97 Å². The summed E-state index contributed by atoms with van der Waals surface area (Å²) in [6, 6.07) is 0. The minimum Gasteiger partial charge on any atom is -0.478 e. The summed E-state index contributed by atoms with van der Waals surface area (Å²) in [6.45, 7) is 2.23. The Kier molecular flexibility index (Phi) is 10.4. The van der Waals surface area contributed by atoms with Gasteiger partial charge in [-0.2, -0.15) is 0 Å². The van der Waals surface area contributed by atoms with E-state index in [9.17, 15) is 13.6 Å². The van der Waals surface area contributed by atoms with Crippen molar-refractivity contribution in [2.24, 2.45) is 0 Å². The van der Waals surface area contributed by atoms with Gasteiger partial charge < -0.3 is 9.67 Å². The van der Waals surface area contributed by atoms with Crippen molar-refractivity contribution in [1.29, 1.82) is 0 Å². The van der Waals surface area contributed by atoms with Crippen LogP contribution >= 0.6 is 0 Å². The number of rotatable bonds is 14. The number of nitrogens with zero attached hydrogens (tertiary/aromatic N) is 1. The number of aromatic nitrogens is 1. The van der Waals surface area contributed by atoms with E-state index < -0.39 is 23.5 Å². The van der Waals surface area contributed by atoms with Gasteiger partial charge in [0.25, 0.3) is 0 Å². The highest BCUT2D eigenvalue weighted by Crippen LogP contribution is 2.15. The van der Waals surface area contributed by atoms with Crippen molar-refractivity contribution >= 4 is 5.97 Å². The minimum absolute atomic E-state index is 0.0155. The molecule has 0 aliphatic carbocycles. The summed E-state index contributed by atoms with van der Waals surface area (Å²) >= 11 is 0. The molecule has 138 valence electrons. The summed E-state index contributed by atoms with van der Waals surface area (Å²) < 4.78 is 28.5. The zero-order valence-corrected chi connectivity index (χ0v) is 14.8. The van der Waals surface area contributed by atoms with Crippen molar-refractivity contribution in [3.63, 3.8) is 0 Å². The van der Waals surface area contributed by atoms with E-state index in [2.05, 4.69) is 6.92 Å². The van der Waals surface area contributed by atoms with Crippen LogP contribution in [0.1, 0.15) is 87.9 Å². The van der Waals surface area contributed by atoms with Gasteiger partial charge in [-0.3, -0.25) is 0 Å². The third kappa shape index (κ3) is 8.46. The lowest BCUT2D eigenvalue weighted by Gasteiger charge is -2.09. The quantitative estimate of drug-likeness (QED) is 0.423. The molecule has 1 unspecified atom stereocenters. The van der Waals surface area contributed by atoms with Gasteiger partial charge in [0.15, 0.2) is 5.82 Å². The predicted octanol–water partition coefficient (Wildman–Crippen LogP) is 5.97. The predicted molar refractivity (Wildman–Crippen MR) is 92.7 cm³/mol. The zero-order chi connectivity index (χ0) is 17.8. The van der Waals surface area contributed by atoms with Crippen molar-refractivity contribution in [3.8, 4) is 0 Å². The first-order valence-corrected chi connectivity index (χ1v) is 9.27. The number of carboxylic acid groups (broad SMARTS) is 1. The maximum absolute atomic E-state index is 13.9. The number of unbranched alkanes of at least 4 members (excludes halogenated alkanes) is 9. The second kappa shape index (κ2) is 12.0. The number of hydrogen-bond acceptors (Lipinski definition) is 1. The molecule has 0 bridgehead atoms. The summed E-state index contributed by atoms with van der Waals surface area (Å²) in [5, 5.41) is 8.77. The van der Waals surface area contributed by atoms with E-state index >= 15 is 0 Å². The fraction of sp³-hybridized carbons (Fsp3) is 0.737. The summed E-state index contributed by atoms with van der Waals surface area (Å²) in [4.78, 5) is 10.7. The van der Waals surface area contributed by atoms with Crippen molar-refractivity contribution < 1.29 is 18.7 Å². The number of aromatic carboxylic acids is 1. The van der Waals surface area contributed by atoms with E-state index in [1.807, 2.05) is 0 Å². The van der Waals surface area contributed by atoms with Crippen LogP contribution in [0.5, 0.6) is 0 Å². The molecule has 0 aliphatic rings. The highest BCUT2D eigenvalue weighted by Gasteiger charge is 2.15. The van der Waals surface area contributed by atoms with E-state index in [-0.39, 0.29) is 6.54 Å². The van der Waals surface area contributed by atoms with Crippen molar-refractivity contribution in [2.75, 3.05) is 0 Å². The van der Waals surface area contributed by atoms with Crippen LogP contribution in [0, 0.1) is 5.82 Å². The molecule has 0 radical (unpaired) electrons. The standard InChI is InChI=1S/C19H31F2NO2/c1-2-3-4-5-6-7-8-9-10-11-12-16(20)13-22-14-17(19(23)24)18(21)15-22/h14-16H,2-13H2,1H3,(H,23,24). The number of carboxylic acids is 1. The summed E-state index contributed by atoms with van der Waals surface area (Å²) in [7, 11) is 0. The highest BCUT2D eigenvalue weighted by atomic mass is 19.1. The van der Waals surface area contributed by atoms with Crippen LogP contribution < -0.4 is 0 Å². The smallest absolute Gasteiger partial charge is 0.340 e. The topological polar surface area (TPSA) is 42.2 Å². The van der Waals surface area contributed by atoms with Gasteiger partial charge in [0.2, 0.25) is 0 Å². The van der Waals surface area contributed by atoms with Crippen LogP contribution in [0.25, 0.3) is 0 Å². The number of carbonyl (C=O) groups is 1. The van der Waals surface area contributed by atoms with Gasteiger partial charge in [0.05, 0.1) is 6.54 Å². The molecule has 3 nitrogen and oxygen atoms in total. The second-order valence-electron chi connectivity index (χ2n) is 6.59. The van der Waals surface area contributed by atoms with Crippen LogP contribution in [0.15, 0.2) is 12.4 Å². The molecule has 24 heavy (non-hydrogen) atoms. The first-order valence-electron chi connectivity index (χ1n) is 9.27. The van der Waals surface area contributed by atoms with Crippen LogP contribution in [0.4, 0.5) is 8.78 Å². The van der Waals surface area contributed by atoms with E-state index in [1.165, 1.54) is 49.5 Å². The molecule has 0 saturated carbocycles. The normalized spacial score (nSPS) is 12.5. The summed E-state index contributed by atoms with van der Waals surface area (Å²) in [6.07, 6.45) is 13.6. The third-order valence-corrected chi connectivity index (χ3v) is 4.34. The van der Waals surface area contributed by atoms with Gasteiger partial charge in [0, 0.05) is 12.4 Å². The van der Waals surface area contributed by atoms with Crippen molar-refractivity contribution in [3.05, 3.63) is 23.8 Å². The van der Waals surface area contributed by atoms with E-state index in [0.29, 0.717) is 6.42 Å². The van der Waals surface area contributed by atoms with Crippen LogP contribution in [0.3, 0.4) is 0 Å². The van der Waals surface area contributed by atoms with Gasteiger partial charge in [0.1, 0.15) is 11.7 Å². The molecule has 0 aliphatic heterocycles. The van der Waals surface area contributed by atoms with Gasteiger partial charge in [-0.1, -0.05) is 71.1 Å². The Morgan fingerprint density at radius 3 is 2.08 bits per heavy atom. The largest absolute Gasteiger partial charge is 0.478 e. The van der Waals surface area contributed by atoms with Crippen LogP contribution in [-0.2, 0) is 6.54 Å².